The van der Waals surface area contributed by atoms with E-state index in [0.717, 1.165) is 6.08 Å². The molecule has 0 aliphatic heterocycles. The van der Waals surface area contributed by atoms with Gasteiger partial charge in [0.15, 0.2) is 5.75 Å². The first-order valence-electron chi connectivity index (χ1n) is 4.78. The van der Waals surface area contributed by atoms with Gasteiger partial charge in [-0.25, -0.2) is 4.79 Å². The summed E-state index contributed by atoms with van der Waals surface area (Å²) in [7, 11) is 0. The van der Waals surface area contributed by atoms with Gasteiger partial charge in [-0.3, -0.25) is 10.1 Å². The Morgan fingerprint density at radius 2 is 2.29 bits per heavy atom. The average molecular weight is 237 g/mol. The minimum absolute atomic E-state index is 0.0298. The lowest BCUT2D eigenvalue weighted by Crippen LogP contribution is -2.01. The van der Waals surface area contributed by atoms with E-state index in [0.29, 0.717) is 5.56 Å². The van der Waals surface area contributed by atoms with Crippen molar-refractivity contribution >= 4 is 11.7 Å². The molecule has 6 heteroatoms. The fourth-order valence-corrected chi connectivity index (χ4v) is 1.25. The molecule has 0 saturated heterocycles. The van der Waals surface area contributed by atoms with Crippen LogP contribution in [-0.2, 0) is 4.79 Å². The van der Waals surface area contributed by atoms with Gasteiger partial charge in [0.05, 0.1) is 4.92 Å². The summed E-state index contributed by atoms with van der Waals surface area (Å²) in [5.74, 6) is -0.930. The van der Waals surface area contributed by atoms with E-state index in [2.05, 4.69) is 0 Å². The van der Waals surface area contributed by atoms with Gasteiger partial charge in [-0.15, -0.1) is 0 Å². The summed E-state index contributed by atoms with van der Waals surface area (Å²) in [6.07, 6.45) is 2.20. The zero-order chi connectivity index (χ0) is 12.8. The number of aryl methyl sites for hydroxylation is 1. The second kappa shape index (κ2) is 5.64. The number of para-hydroxylation sites is 1. The molecule has 1 N–H and O–H groups in total. The highest BCUT2D eigenvalue weighted by Gasteiger charge is 2.16. The maximum Gasteiger partial charge on any atom is 0.328 e. The number of hydrogen-bond donors (Lipinski definition) is 1. The Bertz CT molecular complexity index is 467. The molecule has 0 fully saturated rings. The van der Waals surface area contributed by atoms with Crippen molar-refractivity contribution in [3.8, 4) is 5.75 Å². The molecule has 0 saturated carbocycles. The number of benzene rings is 1. The van der Waals surface area contributed by atoms with Gasteiger partial charge >= 0.3 is 11.7 Å². The first-order valence-corrected chi connectivity index (χ1v) is 4.78. The highest BCUT2D eigenvalue weighted by atomic mass is 16.6. The van der Waals surface area contributed by atoms with Crippen LogP contribution in [-0.4, -0.2) is 22.6 Å². The van der Waals surface area contributed by atoms with Gasteiger partial charge in [-0.05, 0) is 18.6 Å². The number of hydrogen-bond acceptors (Lipinski definition) is 4. The minimum atomic E-state index is -1.09. The van der Waals surface area contributed by atoms with Crippen LogP contribution < -0.4 is 4.74 Å². The van der Waals surface area contributed by atoms with Crippen molar-refractivity contribution in [1.82, 2.24) is 0 Å². The number of ether oxygens (including phenoxy) is 1. The van der Waals surface area contributed by atoms with Crippen molar-refractivity contribution < 1.29 is 19.6 Å². The van der Waals surface area contributed by atoms with Crippen LogP contribution in [0.2, 0.25) is 0 Å². The zero-order valence-electron chi connectivity index (χ0n) is 9.12. The fraction of sp³-hybridized carbons (Fsp3) is 0.182. The molecule has 0 aliphatic carbocycles. The second-order valence-corrected chi connectivity index (χ2v) is 3.23. The van der Waals surface area contributed by atoms with Crippen LogP contribution in [0.1, 0.15) is 5.56 Å². The Hall–Kier alpha value is -2.37. The fourth-order valence-electron chi connectivity index (χ4n) is 1.25. The third kappa shape index (κ3) is 3.60. The SMILES string of the molecule is Cc1cccc([N+](=O)[O-])c1OC/C=C/C(=O)O. The maximum absolute atomic E-state index is 10.7. The average Bonchev–Trinajstić information content (AvgIpc) is 2.25. The smallest absolute Gasteiger partial charge is 0.328 e. The highest BCUT2D eigenvalue weighted by Crippen LogP contribution is 2.30. The summed E-state index contributed by atoms with van der Waals surface area (Å²) in [4.78, 5) is 20.4. The molecule has 0 spiro atoms. The summed E-state index contributed by atoms with van der Waals surface area (Å²) < 4.78 is 5.19. The van der Waals surface area contributed by atoms with Crippen LogP contribution in [0.25, 0.3) is 0 Å². The molecular weight excluding hydrogens is 226 g/mol. The molecule has 1 aromatic carbocycles. The van der Waals surface area contributed by atoms with E-state index >= 15 is 0 Å². The van der Waals surface area contributed by atoms with Crippen molar-refractivity contribution in [3.63, 3.8) is 0 Å². The Morgan fingerprint density at radius 1 is 1.59 bits per heavy atom. The molecule has 1 aromatic rings. The van der Waals surface area contributed by atoms with Crippen LogP contribution in [0, 0.1) is 17.0 Å². The van der Waals surface area contributed by atoms with E-state index in [9.17, 15) is 14.9 Å². The van der Waals surface area contributed by atoms with Gasteiger partial charge in [0, 0.05) is 12.1 Å². The quantitative estimate of drug-likeness (QED) is 0.480. The van der Waals surface area contributed by atoms with Gasteiger partial charge in [0.2, 0.25) is 0 Å². The number of carboxylic acids is 1. The monoisotopic (exact) mass is 237 g/mol. The molecule has 0 aromatic heterocycles. The topological polar surface area (TPSA) is 89.7 Å². The number of nitro benzene ring substituents is 1. The number of nitro groups is 1. The van der Waals surface area contributed by atoms with Crippen molar-refractivity contribution in [1.29, 1.82) is 0 Å². The lowest BCUT2D eigenvalue weighted by molar-refractivity contribution is -0.385. The van der Waals surface area contributed by atoms with Gasteiger partial charge < -0.3 is 9.84 Å². The van der Waals surface area contributed by atoms with E-state index in [4.69, 9.17) is 9.84 Å². The Balaban J connectivity index is 2.82. The third-order valence-corrected chi connectivity index (χ3v) is 1.97. The Morgan fingerprint density at radius 3 is 2.88 bits per heavy atom. The van der Waals surface area contributed by atoms with E-state index in [1.165, 1.54) is 12.1 Å². The van der Waals surface area contributed by atoms with E-state index in [1.807, 2.05) is 0 Å². The van der Waals surface area contributed by atoms with Gasteiger partial charge in [0.25, 0.3) is 0 Å². The van der Waals surface area contributed by atoms with Gasteiger partial charge in [-0.1, -0.05) is 12.1 Å². The number of carbonyl (C=O) groups is 1. The van der Waals surface area contributed by atoms with Crippen LogP contribution in [0.15, 0.2) is 30.4 Å². The molecular formula is C11H11NO5. The molecule has 0 heterocycles. The molecule has 0 amide bonds. The van der Waals surface area contributed by atoms with Crippen molar-refractivity contribution in [2.75, 3.05) is 6.61 Å². The van der Waals surface area contributed by atoms with Crippen LogP contribution in [0.3, 0.4) is 0 Å². The molecule has 0 radical (unpaired) electrons. The summed E-state index contributed by atoms with van der Waals surface area (Å²) >= 11 is 0. The lowest BCUT2D eigenvalue weighted by atomic mass is 10.2. The van der Waals surface area contributed by atoms with Crippen LogP contribution in [0.5, 0.6) is 5.75 Å². The predicted molar refractivity (Wildman–Crippen MR) is 60.1 cm³/mol. The van der Waals surface area contributed by atoms with Gasteiger partial charge in [-0.2, -0.15) is 0 Å². The Kier molecular flexibility index (Phi) is 4.21. The number of carboxylic acid groups (broad SMARTS) is 1. The van der Waals surface area contributed by atoms with E-state index < -0.39 is 10.9 Å². The first kappa shape index (κ1) is 12.7. The summed E-state index contributed by atoms with van der Waals surface area (Å²) in [5.41, 5.74) is 0.497. The molecule has 17 heavy (non-hydrogen) atoms. The largest absolute Gasteiger partial charge is 0.482 e. The number of nitrogens with zero attached hydrogens (tertiary/aromatic N) is 1. The molecule has 0 atom stereocenters. The van der Waals surface area contributed by atoms with Crippen molar-refractivity contribution in [2.24, 2.45) is 0 Å². The highest BCUT2D eigenvalue weighted by molar-refractivity contribution is 5.79. The van der Waals surface area contributed by atoms with Crippen molar-refractivity contribution in [2.45, 2.75) is 6.92 Å². The number of aliphatic carboxylic acids is 1. The minimum Gasteiger partial charge on any atom is -0.482 e. The standard InChI is InChI=1S/C11H11NO5/c1-8-4-2-5-9(12(15)16)11(8)17-7-3-6-10(13)14/h2-6H,7H2,1H3,(H,13,14)/b6-3+. The second-order valence-electron chi connectivity index (χ2n) is 3.23. The van der Waals surface area contributed by atoms with Crippen molar-refractivity contribution in [3.05, 3.63) is 46.0 Å². The molecule has 90 valence electrons. The molecule has 0 bridgehead atoms. The predicted octanol–water partition coefficient (Wildman–Crippen LogP) is 1.92. The zero-order valence-corrected chi connectivity index (χ0v) is 9.12. The van der Waals surface area contributed by atoms with Gasteiger partial charge in [0.1, 0.15) is 6.61 Å². The summed E-state index contributed by atoms with van der Waals surface area (Å²) in [5, 5.41) is 19.1. The molecule has 0 aliphatic rings. The summed E-state index contributed by atoms with van der Waals surface area (Å²) in [6.45, 7) is 1.65. The lowest BCUT2D eigenvalue weighted by Gasteiger charge is -2.06. The Labute approximate surface area is 97.3 Å². The number of rotatable bonds is 5. The third-order valence-electron chi connectivity index (χ3n) is 1.97. The molecule has 0 unspecified atom stereocenters. The van der Waals surface area contributed by atoms with Crippen LogP contribution >= 0.6 is 0 Å². The first-order chi connectivity index (χ1) is 8.02. The normalized spacial score (nSPS) is 10.4. The maximum atomic E-state index is 10.7. The molecule has 1 rings (SSSR count). The van der Waals surface area contributed by atoms with E-state index in [-0.39, 0.29) is 18.0 Å². The molecule has 6 nitrogen and oxygen atoms in total. The van der Waals surface area contributed by atoms with E-state index in [1.54, 1.807) is 19.1 Å². The van der Waals surface area contributed by atoms with Crippen LogP contribution in [0.4, 0.5) is 5.69 Å². The summed E-state index contributed by atoms with van der Waals surface area (Å²) in [6, 6.07) is 4.58.